The van der Waals surface area contributed by atoms with Crippen molar-refractivity contribution in [2.45, 2.75) is 51.5 Å². The fourth-order valence-corrected chi connectivity index (χ4v) is 2.99. The van der Waals surface area contributed by atoms with E-state index in [0.717, 1.165) is 24.6 Å². The highest BCUT2D eigenvalue weighted by molar-refractivity contribution is 5.87. The molecule has 3 nitrogen and oxygen atoms in total. The van der Waals surface area contributed by atoms with E-state index >= 15 is 0 Å². The molecule has 0 atom stereocenters. The highest BCUT2D eigenvalue weighted by Crippen LogP contribution is 2.26. The van der Waals surface area contributed by atoms with E-state index in [0.29, 0.717) is 5.56 Å². The number of carbonyl (C=O) groups is 1. The van der Waals surface area contributed by atoms with Crippen LogP contribution in [0, 0.1) is 5.92 Å². The molecule has 0 spiro atoms. The summed E-state index contributed by atoms with van der Waals surface area (Å²) in [6.45, 7) is 1.88. The van der Waals surface area contributed by atoms with E-state index in [-0.39, 0.29) is 0 Å². The van der Waals surface area contributed by atoms with E-state index in [1.54, 1.807) is 12.1 Å². The van der Waals surface area contributed by atoms with Crippen molar-refractivity contribution in [3.05, 3.63) is 35.4 Å². The Morgan fingerprint density at radius 3 is 2.50 bits per heavy atom. The lowest BCUT2D eigenvalue weighted by Crippen LogP contribution is -2.16. The second-order valence-electron chi connectivity index (χ2n) is 5.83. The monoisotopic (exact) mass is 275 g/mol. The molecule has 0 radical (unpaired) electrons. The van der Waals surface area contributed by atoms with Crippen molar-refractivity contribution < 1.29 is 9.90 Å². The summed E-state index contributed by atoms with van der Waals surface area (Å²) in [7, 11) is 0. The molecule has 20 heavy (non-hydrogen) atoms. The number of hydrogen-bond acceptors (Lipinski definition) is 2. The van der Waals surface area contributed by atoms with Gasteiger partial charge in [-0.3, -0.25) is 0 Å². The van der Waals surface area contributed by atoms with Crippen LogP contribution in [-0.2, 0) is 6.54 Å². The first-order valence-electron chi connectivity index (χ1n) is 7.78. The van der Waals surface area contributed by atoms with Crippen LogP contribution in [-0.4, -0.2) is 17.6 Å². The first kappa shape index (κ1) is 15.0. The summed E-state index contributed by atoms with van der Waals surface area (Å²) in [5.74, 6) is 0.0948. The molecule has 0 saturated heterocycles. The average Bonchev–Trinajstić information content (AvgIpc) is 2.48. The lowest BCUT2D eigenvalue weighted by atomic mass is 9.86. The Hall–Kier alpha value is -1.35. The van der Waals surface area contributed by atoms with Gasteiger partial charge >= 0.3 is 5.97 Å². The summed E-state index contributed by atoms with van der Waals surface area (Å²) in [4.78, 5) is 10.7. The number of hydrogen-bond donors (Lipinski definition) is 2. The molecule has 2 rings (SSSR count). The van der Waals surface area contributed by atoms with E-state index < -0.39 is 5.97 Å². The van der Waals surface area contributed by atoms with Gasteiger partial charge in [-0.1, -0.05) is 44.2 Å². The molecule has 0 aliphatic heterocycles. The summed E-state index contributed by atoms with van der Waals surface area (Å²) in [6, 6.07) is 7.11. The van der Waals surface area contributed by atoms with Crippen molar-refractivity contribution in [2.75, 3.05) is 6.54 Å². The van der Waals surface area contributed by atoms with Gasteiger partial charge in [0.1, 0.15) is 0 Å². The van der Waals surface area contributed by atoms with Crippen LogP contribution >= 0.6 is 0 Å². The molecule has 0 amide bonds. The van der Waals surface area contributed by atoms with E-state index in [1.807, 2.05) is 12.1 Å². The molecule has 1 fully saturated rings. The number of rotatable bonds is 7. The molecule has 1 aromatic rings. The molecule has 1 aliphatic carbocycles. The highest BCUT2D eigenvalue weighted by Gasteiger charge is 2.12. The van der Waals surface area contributed by atoms with Gasteiger partial charge in [0, 0.05) is 6.54 Å². The first-order chi connectivity index (χ1) is 9.75. The maximum Gasteiger partial charge on any atom is 0.335 e. The molecule has 110 valence electrons. The first-order valence-corrected chi connectivity index (χ1v) is 7.78. The van der Waals surface area contributed by atoms with Gasteiger partial charge in [0.05, 0.1) is 5.56 Å². The van der Waals surface area contributed by atoms with E-state index in [2.05, 4.69) is 5.32 Å². The van der Waals surface area contributed by atoms with E-state index in [1.165, 1.54) is 44.9 Å². The minimum atomic E-state index is -0.864. The van der Waals surface area contributed by atoms with Gasteiger partial charge in [0.2, 0.25) is 0 Å². The van der Waals surface area contributed by atoms with Gasteiger partial charge in [-0.25, -0.2) is 4.79 Å². The predicted octanol–water partition coefficient (Wildman–Crippen LogP) is 3.83. The average molecular weight is 275 g/mol. The Morgan fingerprint density at radius 2 is 1.85 bits per heavy atom. The summed E-state index contributed by atoms with van der Waals surface area (Å²) in [5.41, 5.74) is 1.50. The molecule has 1 saturated carbocycles. The van der Waals surface area contributed by atoms with Crippen LogP contribution in [0.15, 0.2) is 24.3 Å². The topological polar surface area (TPSA) is 49.3 Å². The fourth-order valence-electron chi connectivity index (χ4n) is 2.99. The third-order valence-corrected chi connectivity index (χ3v) is 4.22. The molecular weight excluding hydrogens is 250 g/mol. The molecule has 0 bridgehead atoms. The zero-order valence-electron chi connectivity index (χ0n) is 12.1. The summed E-state index contributed by atoms with van der Waals surface area (Å²) in [6.07, 6.45) is 9.74. The largest absolute Gasteiger partial charge is 0.478 e. The van der Waals surface area contributed by atoms with Crippen molar-refractivity contribution in [3.8, 4) is 0 Å². The molecule has 3 heteroatoms. The molecule has 1 aliphatic rings. The van der Waals surface area contributed by atoms with Crippen molar-refractivity contribution >= 4 is 5.97 Å². The number of carboxylic acids is 1. The van der Waals surface area contributed by atoms with Crippen LogP contribution in [0.2, 0.25) is 0 Å². The summed E-state index contributed by atoms with van der Waals surface area (Å²) in [5, 5.41) is 12.3. The Balaban J connectivity index is 1.59. The maximum atomic E-state index is 10.7. The molecular formula is C17H25NO2. The lowest BCUT2D eigenvalue weighted by Gasteiger charge is -2.21. The minimum absolute atomic E-state index is 0.353. The SMILES string of the molecule is O=C(O)c1ccc(CNCCCC2CCCCC2)cc1. The van der Waals surface area contributed by atoms with Crippen molar-refractivity contribution in [1.82, 2.24) is 5.32 Å². The van der Waals surface area contributed by atoms with Crippen LogP contribution in [0.5, 0.6) is 0 Å². The fraction of sp³-hybridized carbons (Fsp3) is 0.588. The van der Waals surface area contributed by atoms with Crippen LogP contribution in [0.3, 0.4) is 0 Å². The van der Waals surface area contributed by atoms with Crippen LogP contribution < -0.4 is 5.32 Å². The van der Waals surface area contributed by atoms with Crippen molar-refractivity contribution in [1.29, 1.82) is 0 Å². The summed E-state index contributed by atoms with van der Waals surface area (Å²) < 4.78 is 0. The van der Waals surface area contributed by atoms with Gasteiger partial charge in [-0.15, -0.1) is 0 Å². The number of nitrogens with one attached hydrogen (secondary N) is 1. The second-order valence-corrected chi connectivity index (χ2v) is 5.83. The van der Waals surface area contributed by atoms with E-state index in [4.69, 9.17) is 5.11 Å². The molecule has 2 N–H and O–H groups in total. The zero-order chi connectivity index (χ0) is 14.2. The summed E-state index contributed by atoms with van der Waals surface area (Å²) >= 11 is 0. The zero-order valence-corrected chi connectivity index (χ0v) is 12.1. The third-order valence-electron chi connectivity index (χ3n) is 4.22. The van der Waals surface area contributed by atoms with Crippen LogP contribution in [0.1, 0.15) is 60.9 Å². The number of benzene rings is 1. The third kappa shape index (κ3) is 4.97. The standard InChI is InChI=1S/C17H25NO2/c19-17(20)16-10-8-15(9-11-16)13-18-12-4-7-14-5-2-1-3-6-14/h8-11,14,18H,1-7,12-13H2,(H,19,20). The minimum Gasteiger partial charge on any atom is -0.478 e. The lowest BCUT2D eigenvalue weighted by molar-refractivity contribution is 0.0697. The van der Waals surface area contributed by atoms with Gasteiger partial charge in [0.15, 0.2) is 0 Å². The normalized spacial score (nSPS) is 16.2. The molecule has 0 heterocycles. The Morgan fingerprint density at radius 1 is 1.15 bits per heavy atom. The van der Waals surface area contributed by atoms with Crippen LogP contribution in [0.4, 0.5) is 0 Å². The van der Waals surface area contributed by atoms with Gasteiger partial charge < -0.3 is 10.4 Å². The van der Waals surface area contributed by atoms with Crippen molar-refractivity contribution in [3.63, 3.8) is 0 Å². The molecule has 0 unspecified atom stereocenters. The Kier molecular flexibility index (Phi) is 6.06. The van der Waals surface area contributed by atoms with Crippen LogP contribution in [0.25, 0.3) is 0 Å². The molecule has 1 aromatic carbocycles. The predicted molar refractivity (Wildman–Crippen MR) is 80.9 cm³/mol. The second kappa shape index (κ2) is 8.05. The number of carboxylic acid groups (broad SMARTS) is 1. The van der Waals surface area contributed by atoms with Gasteiger partial charge in [0.25, 0.3) is 0 Å². The van der Waals surface area contributed by atoms with Gasteiger partial charge in [-0.2, -0.15) is 0 Å². The van der Waals surface area contributed by atoms with Gasteiger partial charge in [-0.05, 0) is 43.0 Å². The highest BCUT2D eigenvalue weighted by atomic mass is 16.4. The van der Waals surface area contributed by atoms with E-state index in [9.17, 15) is 4.79 Å². The molecule has 0 aromatic heterocycles. The quantitative estimate of drug-likeness (QED) is 0.743. The number of aromatic carboxylic acids is 1. The van der Waals surface area contributed by atoms with Crippen molar-refractivity contribution in [2.24, 2.45) is 5.92 Å². The Labute approximate surface area is 121 Å². The smallest absolute Gasteiger partial charge is 0.335 e. The Bertz CT molecular complexity index is 408. The maximum absolute atomic E-state index is 10.7.